The number of hydrogen-bond donors (Lipinski definition) is 0. The van der Waals surface area contributed by atoms with E-state index in [-0.39, 0.29) is 5.91 Å². The van der Waals surface area contributed by atoms with E-state index in [4.69, 9.17) is 11.6 Å². The average Bonchev–Trinajstić information content (AvgIpc) is 3.14. The molecule has 0 atom stereocenters. The van der Waals surface area contributed by atoms with Crippen LogP contribution in [0.4, 0.5) is 5.13 Å². The average molecular weight is 405 g/mol. The van der Waals surface area contributed by atoms with Gasteiger partial charge in [-0.15, -0.1) is 0 Å². The molecule has 4 rings (SSSR count). The van der Waals surface area contributed by atoms with Crippen molar-refractivity contribution >= 4 is 50.3 Å². The third-order valence-corrected chi connectivity index (χ3v) is 5.51. The van der Waals surface area contributed by atoms with E-state index >= 15 is 0 Å². The van der Waals surface area contributed by atoms with Crippen LogP contribution in [0.3, 0.4) is 0 Å². The molecular formula is C23H17ClN2OS. The summed E-state index contributed by atoms with van der Waals surface area (Å²) in [6, 6.07) is 25.3. The highest BCUT2D eigenvalue weighted by Gasteiger charge is 2.18. The second-order valence-electron chi connectivity index (χ2n) is 6.26. The smallest absolute Gasteiger partial charge is 0.253 e. The number of aromatic nitrogens is 1. The van der Waals surface area contributed by atoms with Gasteiger partial charge in [0, 0.05) is 11.1 Å². The number of anilines is 1. The zero-order chi connectivity index (χ0) is 19.3. The minimum absolute atomic E-state index is 0.113. The van der Waals surface area contributed by atoms with Crippen LogP contribution in [-0.2, 0) is 11.3 Å². The van der Waals surface area contributed by atoms with E-state index in [1.54, 1.807) is 11.0 Å². The van der Waals surface area contributed by atoms with Crippen LogP contribution in [-0.4, -0.2) is 10.9 Å². The summed E-state index contributed by atoms with van der Waals surface area (Å²) in [5, 5.41) is 1.32. The zero-order valence-electron chi connectivity index (χ0n) is 15.0. The number of hydrogen-bond acceptors (Lipinski definition) is 3. The van der Waals surface area contributed by atoms with Gasteiger partial charge in [0.1, 0.15) is 0 Å². The van der Waals surface area contributed by atoms with Crippen LogP contribution in [0.2, 0.25) is 5.02 Å². The lowest BCUT2D eigenvalue weighted by Crippen LogP contribution is -2.28. The number of halogens is 1. The highest BCUT2D eigenvalue weighted by molar-refractivity contribution is 7.22. The van der Waals surface area contributed by atoms with Gasteiger partial charge in [-0.25, -0.2) is 4.98 Å². The monoisotopic (exact) mass is 404 g/mol. The molecule has 0 bridgehead atoms. The maximum absolute atomic E-state index is 13.0. The highest BCUT2D eigenvalue weighted by Crippen LogP contribution is 2.31. The van der Waals surface area contributed by atoms with Crippen LogP contribution in [0.25, 0.3) is 16.3 Å². The zero-order valence-corrected chi connectivity index (χ0v) is 16.5. The van der Waals surface area contributed by atoms with E-state index in [0.717, 1.165) is 21.3 Å². The van der Waals surface area contributed by atoms with Crippen molar-refractivity contribution < 1.29 is 4.79 Å². The Morgan fingerprint density at radius 1 is 1.00 bits per heavy atom. The van der Waals surface area contributed by atoms with Crippen LogP contribution < -0.4 is 4.90 Å². The van der Waals surface area contributed by atoms with Crippen LogP contribution in [0.15, 0.2) is 84.9 Å². The predicted octanol–water partition coefficient (Wildman–Crippen LogP) is 6.20. The largest absolute Gasteiger partial charge is 0.280 e. The second-order valence-corrected chi connectivity index (χ2v) is 7.71. The van der Waals surface area contributed by atoms with Gasteiger partial charge in [-0.2, -0.15) is 0 Å². The molecule has 0 radical (unpaired) electrons. The Kier molecular flexibility index (Phi) is 5.51. The fraction of sp³-hybridized carbons (Fsp3) is 0.0435. The summed E-state index contributed by atoms with van der Waals surface area (Å²) in [7, 11) is 0. The summed E-state index contributed by atoms with van der Waals surface area (Å²) >= 11 is 7.57. The number of amides is 1. The van der Waals surface area contributed by atoms with E-state index in [1.807, 2.05) is 84.9 Å². The molecule has 1 aromatic heterocycles. The van der Waals surface area contributed by atoms with Gasteiger partial charge in [0.05, 0.1) is 16.8 Å². The van der Waals surface area contributed by atoms with E-state index in [9.17, 15) is 4.79 Å². The lowest BCUT2D eigenvalue weighted by atomic mass is 10.2. The molecule has 5 heteroatoms. The van der Waals surface area contributed by atoms with Gasteiger partial charge in [0.15, 0.2) is 5.13 Å². The molecule has 0 saturated heterocycles. The molecule has 0 fully saturated rings. The summed E-state index contributed by atoms with van der Waals surface area (Å²) in [6.07, 6.45) is 3.42. The molecule has 3 aromatic carbocycles. The second kappa shape index (κ2) is 8.38. The lowest BCUT2D eigenvalue weighted by molar-refractivity contribution is -0.114. The Morgan fingerprint density at radius 2 is 1.71 bits per heavy atom. The van der Waals surface area contributed by atoms with Crippen LogP contribution in [0, 0.1) is 0 Å². The van der Waals surface area contributed by atoms with Crippen molar-refractivity contribution in [3.8, 4) is 0 Å². The van der Waals surface area contributed by atoms with Crippen molar-refractivity contribution in [2.45, 2.75) is 6.54 Å². The molecule has 0 aliphatic heterocycles. The molecule has 138 valence electrons. The molecule has 0 unspecified atom stereocenters. The Morgan fingerprint density at radius 3 is 2.46 bits per heavy atom. The number of carbonyl (C=O) groups is 1. The number of thiazole rings is 1. The van der Waals surface area contributed by atoms with Gasteiger partial charge in [-0.05, 0) is 35.4 Å². The first-order valence-corrected chi connectivity index (χ1v) is 10.0. The normalized spacial score (nSPS) is 11.2. The summed E-state index contributed by atoms with van der Waals surface area (Å²) in [5.74, 6) is -0.113. The predicted molar refractivity (Wildman–Crippen MR) is 118 cm³/mol. The van der Waals surface area contributed by atoms with E-state index in [0.29, 0.717) is 16.7 Å². The van der Waals surface area contributed by atoms with Crippen molar-refractivity contribution in [1.29, 1.82) is 0 Å². The first-order valence-electron chi connectivity index (χ1n) is 8.84. The number of benzene rings is 3. The van der Waals surface area contributed by atoms with E-state index < -0.39 is 0 Å². The van der Waals surface area contributed by atoms with Crippen molar-refractivity contribution in [3.63, 3.8) is 0 Å². The molecule has 0 aliphatic rings. The Balaban J connectivity index is 1.68. The molecule has 0 spiro atoms. The highest BCUT2D eigenvalue weighted by atomic mass is 35.5. The van der Waals surface area contributed by atoms with Gasteiger partial charge in [-0.3, -0.25) is 9.69 Å². The summed E-state index contributed by atoms with van der Waals surface area (Å²) in [5.41, 5.74) is 2.86. The van der Waals surface area contributed by atoms with Crippen LogP contribution in [0.1, 0.15) is 11.1 Å². The molecule has 3 nitrogen and oxygen atoms in total. The maximum Gasteiger partial charge on any atom is 0.253 e. The standard InChI is InChI=1S/C23H17ClN2OS/c24-19-12-13-20-21(15-19)28-23(25-20)26(16-18-9-5-2-6-10-18)22(27)14-11-17-7-3-1-4-8-17/h1-15H,16H2/b14-11+. The third-order valence-electron chi connectivity index (χ3n) is 4.24. The quantitative estimate of drug-likeness (QED) is 0.371. The number of fused-ring (bicyclic) bond motifs is 1. The van der Waals surface area contributed by atoms with Gasteiger partial charge < -0.3 is 0 Å². The van der Waals surface area contributed by atoms with Gasteiger partial charge in [-0.1, -0.05) is 83.6 Å². The SMILES string of the molecule is O=C(/C=C/c1ccccc1)N(Cc1ccccc1)c1nc2ccc(Cl)cc2s1. The number of nitrogens with zero attached hydrogens (tertiary/aromatic N) is 2. The van der Waals surface area contributed by atoms with Gasteiger partial charge in [0.25, 0.3) is 5.91 Å². The minimum atomic E-state index is -0.113. The van der Waals surface area contributed by atoms with Crippen molar-refractivity contribution in [2.75, 3.05) is 4.90 Å². The first-order chi connectivity index (χ1) is 13.7. The number of carbonyl (C=O) groups excluding carboxylic acids is 1. The Labute approximate surface area is 172 Å². The van der Waals surface area contributed by atoms with Crippen LogP contribution in [0.5, 0.6) is 0 Å². The molecule has 28 heavy (non-hydrogen) atoms. The van der Waals surface area contributed by atoms with Crippen LogP contribution >= 0.6 is 22.9 Å². The van der Waals surface area contributed by atoms with Crippen molar-refractivity contribution in [1.82, 2.24) is 4.98 Å². The summed E-state index contributed by atoms with van der Waals surface area (Å²) in [6.45, 7) is 0.451. The molecule has 0 aliphatic carbocycles. The van der Waals surface area contributed by atoms with Gasteiger partial charge >= 0.3 is 0 Å². The fourth-order valence-corrected chi connectivity index (χ4v) is 4.08. The fourth-order valence-electron chi connectivity index (χ4n) is 2.83. The minimum Gasteiger partial charge on any atom is -0.280 e. The molecule has 1 amide bonds. The lowest BCUT2D eigenvalue weighted by Gasteiger charge is -2.18. The topological polar surface area (TPSA) is 33.2 Å². The molecule has 4 aromatic rings. The molecule has 0 saturated carbocycles. The molecule has 1 heterocycles. The van der Waals surface area contributed by atoms with E-state index in [2.05, 4.69) is 4.98 Å². The Hall–Kier alpha value is -2.95. The summed E-state index contributed by atoms with van der Waals surface area (Å²) in [4.78, 5) is 19.4. The summed E-state index contributed by atoms with van der Waals surface area (Å²) < 4.78 is 0.959. The van der Waals surface area contributed by atoms with Gasteiger partial charge in [0.2, 0.25) is 0 Å². The van der Waals surface area contributed by atoms with Crippen molar-refractivity contribution in [2.24, 2.45) is 0 Å². The maximum atomic E-state index is 13.0. The van der Waals surface area contributed by atoms with Crippen molar-refractivity contribution in [3.05, 3.63) is 101 Å². The third kappa shape index (κ3) is 4.30. The van der Waals surface area contributed by atoms with E-state index in [1.165, 1.54) is 11.3 Å². The first kappa shape index (κ1) is 18.4. The number of rotatable bonds is 5. The molecular weight excluding hydrogens is 388 g/mol. The Bertz CT molecular complexity index is 1120. The molecule has 0 N–H and O–H groups in total.